The van der Waals surface area contributed by atoms with E-state index in [9.17, 15) is 10.2 Å². The topological polar surface area (TPSA) is 67.5 Å². The summed E-state index contributed by atoms with van der Waals surface area (Å²) in [4.78, 5) is 4.48. The van der Waals surface area contributed by atoms with Crippen LogP contribution in [0.2, 0.25) is 0 Å². The molecular formula is C22H28N2O3. The van der Waals surface area contributed by atoms with Gasteiger partial charge in [0.1, 0.15) is 30.4 Å². The Morgan fingerprint density at radius 1 is 1.04 bits per heavy atom. The van der Waals surface area contributed by atoms with Gasteiger partial charge in [-0.15, -0.1) is 0 Å². The van der Waals surface area contributed by atoms with Crippen LogP contribution in [0.25, 0.3) is 11.0 Å². The van der Waals surface area contributed by atoms with Gasteiger partial charge < -0.3 is 19.5 Å². The number of imidazole rings is 1. The fourth-order valence-electron chi connectivity index (χ4n) is 3.11. The molecule has 5 nitrogen and oxygen atoms in total. The number of benzene rings is 2. The predicted molar refractivity (Wildman–Crippen MR) is 107 cm³/mol. The largest absolute Gasteiger partial charge is 0.491 e. The number of ether oxygens (including phenoxy) is 1. The fraction of sp³-hybridized carbons (Fsp3) is 0.409. The van der Waals surface area contributed by atoms with Crippen LogP contribution < -0.4 is 4.74 Å². The lowest BCUT2D eigenvalue weighted by Gasteiger charge is -2.20. The van der Waals surface area contributed by atoms with Gasteiger partial charge >= 0.3 is 0 Å². The Hall–Kier alpha value is -2.37. The second-order valence-corrected chi connectivity index (χ2v) is 7.98. The number of fused-ring (bicyclic) bond motifs is 1. The zero-order valence-electron chi connectivity index (χ0n) is 16.4. The van der Waals surface area contributed by atoms with E-state index in [1.54, 1.807) is 6.92 Å². The van der Waals surface area contributed by atoms with Gasteiger partial charge in [0.15, 0.2) is 0 Å². The number of rotatable bonds is 6. The summed E-state index contributed by atoms with van der Waals surface area (Å²) < 4.78 is 7.61. The zero-order chi connectivity index (χ0) is 19.6. The molecule has 5 heteroatoms. The van der Waals surface area contributed by atoms with Gasteiger partial charge in [-0.05, 0) is 42.2 Å². The van der Waals surface area contributed by atoms with Crippen LogP contribution in [0.4, 0.5) is 0 Å². The second-order valence-electron chi connectivity index (χ2n) is 7.98. The minimum absolute atomic E-state index is 0.0952. The van der Waals surface area contributed by atoms with Gasteiger partial charge in [0, 0.05) is 0 Å². The highest BCUT2D eigenvalue weighted by Gasteiger charge is 2.18. The van der Waals surface area contributed by atoms with Crippen LogP contribution in [0.15, 0.2) is 48.5 Å². The molecule has 0 aliphatic heterocycles. The molecule has 0 fully saturated rings. The number of aliphatic hydroxyl groups excluding tert-OH is 2. The SMILES string of the molecule is C[C@@H](O)c1nc2ccccc2n1C[C@@H](O)COc1ccc(C(C)(C)C)cc1. The molecule has 1 heterocycles. The summed E-state index contributed by atoms with van der Waals surface area (Å²) in [7, 11) is 0. The summed E-state index contributed by atoms with van der Waals surface area (Å²) in [6.45, 7) is 8.66. The Balaban J connectivity index is 1.68. The Morgan fingerprint density at radius 3 is 2.33 bits per heavy atom. The molecule has 0 unspecified atom stereocenters. The van der Waals surface area contributed by atoms with Crippen molar-refractivity contribution in [3.8, 4) is 5.75 Å². The van der Waals surface area contributed by atoms with Gasteiger partial charge in [-0.2, -0.15) is 0 Å². The summed E-state index contributed by atoms with van der Waals surface area (Å²) in [5.41, 5.74) is 3.03. The minimum Gasteiger partial charge on any atom is -0.491 e. The van der Waals surface area contributed by atoms with E-state index in [1.807, 2.05) is 41.0 Å². The van der Waals surface area contributed by atoms with Crippen molar-refractivity contribution in [3.63, 3.8) is 0 Å². The molecule has 3 rings (SSSR count). The molecule has 0 spiro atoms. The van der Waals surface area contributed by atoms with Crippen molar-refractivity contribution in [1.82, 2.24) is 9.55 Å². The Labute approximate surface area is 160 Å². The van der Waals surface area contributed by atoms with Crippen LogP contribution in [0.5, 0.6) is 5.75 Å². The van der Waals surface area contributed by atoms with Crippen LogP contribution in [-0.2, 0) is 12.0 Å². The van der Waals surface area contributed by atoms with E-state index >= 15 is 0 Å². The van der Waals surface area contributed by atoms with Crippen LogP contribution in [0.1, 0.15) is 45.2 Å². The molecule has 0 aliphatic carbocycles. The highest BCUT2D eigenvalue weighted by atomic mass is 16.5. The normalized spacial score (nSPS) is 14.3. The van der Waals surface area contributed by atoms with Crippen LogP contribution in [-0.4, -0.2) is 32.5 Å². The number of para-hydroxylation sites is 2. The van der Waals surface area contributed by atoms with Gasteiger partial charge in [0.05, 0.1) is 17.6 Å². The lowest BCUT2D eigenvalue weighted by molar-refractivity contribution is 0.0895. The van der Waals surface area contributed by atoms with Crippen molar-refractivity contribution in [2.24, 2.45) is 0 Å². The molecule has 1 aromatic heterocycles. The summed E-state index contributed by atoms with van der Waals surface area (Å²) in [6, 6.07) is 15.6. The quantitative estimate of drug-likeness (QED) is 0.694. The molecule has 0 saturated carbocycles. The monoisotopic (exact) mass is 368 g/mol. The van der Waals surface area contributed by atoms with E-state index in [4.69, 9.17) is 4.74 Å². The summed E-state index contributed by atoms with van der Waals surface area (Å²) >= 11 is 0. The standard InChI is InChI=1S/C22H28N2O3/c1-15(25)21-23-19-7-5-6-8-20(19)24(21)13-17(26)14-27-18-11-9-16(10-12-18)22(2,3)4/h5-12,15,17,25-26H,13-14H2,1-4H3/t15-,17-/m1/s1. The third-order valence-electron chi connectivity index (χ3n) is 4.61. The highest BCUT2D eigenvalue weighted by molar-refractivity contribution is 5.76. The molecule has 3 aromatic rings. The van der Waals surface area contributed by atoms with Crippen molar-refractivity contribution in [2.45, 2.75) is 51.9 Å². The molecule has 27 heavy (non-hydrogen) atoms. The summed E-state index contributed by atoms with van der Waals surface area (Å²) in [5, 5.41) is 20.5. The van der Waals surface area contributed by atoms with E-state index in [0.29, 0.717) is 12.4 Å². The molecule has 0 aliphatic rings. The molecule has 0 bridgehead atoms. The van der Waals surface area contributed by atoms with Crippen LogP contribution in [0.3, 0.4) is 0 Å². The number of hydrogen-bond donors (Lipinski definition) is 2. The fourth-order valence-corrected chi connectivity index (χ4v) is 3.11. The second kappa shape index (κ2) is 7.71. The zero-order valence-corrected chi connectivity index (χ0v) is 16.4. The van der Waals surface area contributed by atoms with Crippen molar-refractivity contribution in [3.05, 3.63) is 59.9 Å². The van der Waals surface area contributed by atoms with Gasteiger partial charge in [-0.25, -0.2) is 4.98 Å². The molecule has 2 aromatic carbocycles. The van der Waals surface area contributed by atoms with Crippen LogP contribution in [0, 0.1) is 0 Å². The third kappa shape index (κ3) is 4.49. The van der Waals surface area contributed by atoms with E-state index in [1.165, 1.54) is 5.56 Å². The van der Waals surface area contributed by atoms with E-state index < -0.39 is 12.2 Å². The van der Waals surface area contributed by atoms with Crippen molar-refractivity contribution < 1.29 is 14.9 Å². The molecule has 144 valence electrons. The Morgan fingerprint density at radius 2 is 1.70 bits per heavy atom. The first-order valence-electron chi connectivity index (χ1n) is 9.30. The smallest absolute Gasteiger partial charge is 0.138 e. The Kier molecular flexibility index (Phi) is 5.53. The Bertz CT molecular complexity index is 892. The molecular weight excluding hydrogens is 340 g/mol. The van der Waals surface area contributed by atoms with Crippen molar-refractivity contribution >= 4 is 11.0 Å². The van der Waals surface area contributed by atoms with Gasteiger partial charge in [0.25, 0.3) is 0 Å². The average molecular weight is 368 g/mol. The number of nitrogens with zero attached hydrogens (tertiary/aromatic N) is 2. The first-order chi connectivity index (χ1) is 12.8. The maximum absolute atomic E-state index is 10.5. The lowest BCUT2D eigenvalue weighted by Crippen LogP contribution is -2.25. The van der Waals surface area contributed by atoms with Gasteiger partial charge in [-0.1, -0.05) is 45.0 Å². The predicted octanol–water partition coefficient (Wildman–Crippen LogP) is 3.83. The average Bonchev–Trinajstić information content (AvgIpc) is 2.98. The van der Waals surface area contributed by atoms with E-state index in [-0.39, 0.29) is 12.0 Å². The van der Waals surface area contributed by atoms with Crippen molar-refractivity contribution in [1.29, 1.82) is 0 Å². The van der Waals surface area contributed by atoms with Gasteiger partial charge in [0.2, 0.25) is 0 Å². The molecule has 2 N–H and O–H groups in total. The third-order valence-corrected chi connectivity index (χ3v) is 4.61. The first-order valence-corrected chi connectivity index (χ1v) is 9.30. The molecule has 0 amide bonds. The summed E-state index contributed by atoms with van der Waals surface area (Å²) in [5.74, 6) is 1.28. The van der Waals surface area contributed by atoms with Gasteiger partial charge in [-0.3, -0.25) is 0 Å². The first kappa shape index (κ1) is 19.4. The minimum atomic E-state index is -0.720. The maximum atomic E-state index is 10.5. The maximum Gasteiger partial charge on any atom is 0.138 e. The molecule has 0 saturated heterocycles. The van der Waals surface area contributed by atoms with E-state index in [2.05, 4.69) is 37.9 Å². The lowest BCUT2D eigenvalue weighted by atomic mass is 9.87. The number of aliphatic hydroxyl groups is 2. The van der Waals surface area contributed by atoms with Crippen molar-refractivity contribution in [2.75, 3.05) is 6.61 Å². The molecule has 0 radical (unpaired) electrons. The van der Waals surface area contributed by atoms with Crippen LogP contribution >= 0.6 is 0 Å². The number of aromatic nitrogens is 2. The highest BCUT2D eigenvalue weighted by Crippen LogP contribution is 2.25. The molecule has 2 atom stereocenters. The van der Waals surface area contributed by atoms with E-state index in [0.717, 1.165) is 16.8 Å². The summed E-state index contributed by atoms with van der Waals surface area (Å²) in [6.07, 6.45) is -1.43. The number of hydrogen-bond acceptors (Lipinski definition) is 4.